The van der Waals surface area contributed by atoms with Crippen molar-refractivity contribution in [3.05, 3.63) is 29.3 Å². The number of urea groups is 1. The molecule has 5 nitrogen and oxygen atoms in total. The fraction of sp³-hybridized carbons (Fsp3) is 0.385. The number of carboxylic acid groups (broad SMARTS) is 1. The SMILES string of the molecule is CCCC(C)NC(=O)Nc1cc(F)c(F)cc1C(=O)O. The zero-order chi connectivity index (χ0) is 15.3. The summed E-state index contributed by atoms with van der Waals surface area (Å²) in [6.07, 6.45) is 1.62. The molecule has 0 heterocycles. The Hall–Kier alpha value is -2.18. The van der Waals surface area contributed by atoms with Gasteiger partial charge in [0.25, 0.3) is 0 Å². The Kier molecular flexibility index (Phi) is 5.42. The number of hydrogen-bond donors (Lipinski definition) is 3. The lowest BCUT2D eigenvalue weighted by Crippen LogP contribution is -2.36. The smallest absolute Gasteiger partial charge is 0.337 e. The van der Waals surface area contributed by atoms with Gasteiger partial charge in [-0.1, -0.05) is 13.3 Å². The summed E-state index contributed by atoms with van der Waals surface area (Å²) >= 11 is 0. The molecule has 1 aromatic carbocycles. The van der Waals surface area contributed by atoms with Crippen LogP contribution in [0.3, 0.4) is 0 Å². The molecule has 0 saturated heterocycles. The summed E-state index contributed by atoms with van der Waals surface area (Å²) in [6, 6.07) is 0.393. The van der Waals surface area contributed by atoms with E-state index in [-0.39, 0.29) is 11.7 Å². The molecule has 1 unspecified atom stereocenters. The van der Waals surface area contributed by atoms with Gasteiger partial charge in [-0.05, 0) is 19.4 Å². The van der Waals surface area contributed by atoms with Gasteiger partial charge in [-0.3, -0.25) is 0 Å². The van der Waals surface area contributed by atoms with E-state index >= 15 is 0 Å². The second kappa shape index (κ2) is 6.83. The highest BCUT2D eigenvalue weighted by Gasteiger charge is 2.17. The summed E-state index contributed by atoms with van der Waals surface area (Å²) in [4.78, 5) is 22.6. The Labute approximate surface area is 115 Å². The van der Waals surface area contributed by atoms with Crippen molar-refractivity contribution in [1.29, 1.82) is 0 Å². The lowest BCUT2D eigenvalue weighted by Gasteiger charge is -2.14. The fourth-order valence-corrected chi connectivity index (χ4v) is 1.71. The van der Waals surface area contributed by atoms with Gasteiger partial charge in [0.1, 0.15) is 0 Å². The van der Waals surface area contributed by atoms with Crippen molar-refractivity contribution in [2.24, 2.45) is 0 Å². The van der Waals surface area contributed by atoms with E-state index in [4.69, 9.17) is 5.11 Å². The lowest BCUT2D eigenvalue weighted by molar-refractivity contribution is 0.0697. The highest BCUT2D eigenvalue weighted by atomic mass is 19.2. The monoisotopic (exact) mass is 286 g/mol. The van der Waals surface area contributed by atoms with Crippen molar-refractivity contribution >= 4 is 17.7 Å². The first-order valence-corrected chi connectivity index (χ1v) is 6.15. The first-order chi connectivity index (χ1) is 9.35. The van der Waals surface area contributed by atoms with Crippen LogP contribution < -0.4 is 10.6 Å². The molecule has 0 aliphatic carbocycles. The van der Waals surface area contributed by atoms with Gasteiger partial charge in [0.2, 0.25) is 0 Å². The predicted octanol–water partition coefficient (Wildman–Crippen LogP) is 2.97. The second-order valence-corrected chi connectivity index (χ2v) is 4.41. The minimum atomic E-state index is -1.46. The van der Waals surface area contributed by atoms with Crippen molar-refractivity contribution in [1.82, 2.24) is 5.32 Å². The van der Waals surface area contributed by atoms with Crippen molar-refractivity contribution in [3.8, 4) is 0 Å². The van der Waals surface area contributed by atoms with Crippen LogP contribution in [0.2, 0.25) is 0 Å². The summed E-state index contributed by atoms with van der Waals surface area (Å²) in [7, 11) is 0. The summed E-state index contributed by atoms with van der Waals surface area (Å²) in [6.45, 7) is 3.74. The number of nitrogens with one attached hydrogen (secondary N) is 2. The molecule has 0 bridgehead atoms. The van der Waals surface area contributed by atoms with Crippen molar-refractivity contribution in [3.63, 3.8) is 0 Å². The van der Waals surface area contributed by atoms with Crippen LogP contribution in [0.5, 0.6) is 0 Å². The summed E-state index contributed by atoms with van der Waals surface area (Å²) in [5, 5.41) is 13.7. The Morgan fingerprint density at radius 2 is 1.90 bits per heavy atom. The maximum absolute atomic E-state index is 13.1. The first kappa shape index (κ1) is 15.9. The van der Waals surface area contributed by atoms with E-state index in [2.05, 4.69) is 10.6 Å². The molecule has 0 spiro atoms. The third kappa shape index (κ3) is 4.18. The molecule has 1 rings (SSSR count). The van der Waals surface area contributed by atoms with Crippen molar-refractivity contribution in [2.75, 3.05) is 5.32 Å². The maximum atomic E-state index is 13.1. The molecule has 7 heteroatoms. The Morgan fingerprint density at radius 1 is 1.30 bits per heavy atom. The highest BCUT2D eigenvalue weighted by Crippen LogP contribution is 2.20. The zero-order valence-electron chi connectivity index (χ0n) is 11.2. The lowest BCUT2D eigenvalue weighted by atomic mass is 10.1. The van der Waals surface area contributed by atoms with E-state index in [1.54, 1.807) is 6.92 Å². The summed E-state index contributed by atoms with van der Waals surface area (Å²) in [5.41, 5.74) is -0.806. The molecule has 20 heavy (non-hydrogen) atoms. The number of aromatic carboxylic acids is 1. The number of hydrogen-bond acceptors (Lipinski definition) is 2. The number of carbonyl (C=O) groups excluding carboxylic acids is 1. The quantitative estimate of drug-likeness (QED) is 0.778. The molecule has 2 amide bonds. The largest absolute Gasteiger partial charge is 0.478 e. The van der Waals surface area contributed by atoms with Gasteiger partial charge in [0.15, 0.2) is 11.6 Å². The van der Waals surface area contributed by atoms with Crippen LogP contribution in [0, 0.1) is 11.6 Å². The average Bonchev–Trinajstić information content (AvgIpc) is 2.33. The highest BCUT2D eigenvalue weighted by molar-refractivity contribution is 6.00. The molecule has 0 radical (unpaired) electrons. The van der Waals surface area contributed by atoms with Crippen LogP contribution in [0.4, 0.5) is 19.3 Å². The van der Waals surface area contributed by atoms with Gasteiger partial charge < -0.3 is 15.7 Å². The molecule has 0 fully saturated rings. The number of carbonyl (C=O) groups is 2. The average molecular weight is 286 g/mol. The maximum Gasteiger partial charge on any atom is 0.337 e. The van der Waals surface area contributed by atoms with Gasteiger partial charge in [-0.2, -0.15) is 0 Å². The third-order valence-corrected chi connectivity index (χ3v) is 2.64. The zero-order valence-corrected chi connectivity index (χ0v) is 11.2. The predicted molar refractivity (Wildman–Crippen MR) is 69.8 cm³/mol. The molecule has 0 aliphatic rings. The molecule has 1 aromatic rings. The summed E-state index contributed by atoms with van der Waals surface area (Å²) < 4.78 is 26.1. The van der Waals surface area contributed by atoms with Crippen LogP contribution in [0.25, 0.3) is 0 Å². The van der Waals surface area contributed by atoms with Crippen molar-refractivity contribution < 1.29 is 23.5 Å². The van der Waals surface area contributed by atoms with E-state index in [0.717, 1.165) is 12.8 Å². The molecule has 0 aromatic heterocycles. The molecule has 0 saturated carbocycles. The number of anilines is 1. The molecule has 3 N–H and O–H groups in total. The van der Waals surface area contributed by atoms with E-state index in [0.29, 0.717) is 12.1 Å². The van der Waals surface area contributed by atoms with Gasteiger partial charge in [-0.25, -0.2) is 18.4 Å². The Morgan fingerprint density at radius 3 is 2.45 bits per heavy atom. The number of rotatable bonds is 5. The molecule has 0 aliphatic heterocycles. The first-order valence-electron chi connectivity index (χ1n) is 6.15. The van der Waals surface area contributed by atoms with Crippen LogP contribution >= 0.6 is 0 Å². The van der Waals surface area contributed by atoms with Gasteiger partial charge in [0.05, 0.1) is 11.3 Å². The third-order valence-electron chi connectivity index (χ3n) is 2.64. The standard InChI is InChI=1S/C13H16F2N2O3/c1-3-4-7(2)16-13(20)17-11-6-10(15)9(14)5-8(11)12(18)19/h5-7H,3-4H2,1-2H3,(H,18,19)(H2,16,17,20). The molecule has 110 valence electrons. The number of carboxylic acids is 1. The minimum Gasteiger partial charge on any atom is -0.478 e. The minimum absolute atomic E-state index is 0.112. The Balaban J connectivity index is 2.88. The van der Waals surface area contributed by atoms with Crippen molar-refractivity contribution in [2.45, 2.75) is 32.7 Å². The van der Waals surface area contributed by atoms with E-state index in [1.165, 1.54) is 0 Å². The van der Waals surface area contributed by atoms with E-state index in [1.807, 2.05) is 6.92 Å². The number of amides is 2. The van der Waals surface area contributed by atoms with Gasteiger partial charge in [-0.15, -0.1) is 0 Å². The normalized spacial score (nSPS) is 11.8. The van der Waals surface area contributed by atoms with E-state index in [9.17, 15) is 18.4 Å². The number of benzene rings is 1. The Bertz CT molecular complexity index is 521. The van der Waals surface area contributed by atoms with Crippen LogP contribution in [-0.4, -0.2) is 23.1 Å². The number of halogens is 2. The van der Waals surface area contributed by atoms with Gasteiger partial charge >= 0.3 is 12.0 Å². The van der Waals surface area contributed by atoms with Crippen LogP contribution in [0.1, 0.15) is 37.0 Å². The summed E-state index contributed by atoms with van der Waals surface area (Å²) in [5.74, 6) is -3.97. The fourth-order valence-electron chi connectivity index (χ4n) is 1.71. The van der Waals surface area contributed by atoms with Crippen LogP contribution in [0.15, 0.2) is 12.1 Å². The van der Waals surface area contributed by atoms with E-state index < -0.39 is 29.2 Å². The molecular formula is C13H16F2N2O3. The molecular weight excluding hydrogens is 270 g/mol. The topological polar surface area (TPSA) is 78.4 Å². The molecule has 1 atom stereocenters. The van der Waals surface area contributed by atoms with Crippen LogP contribution in [-0.2, 0) is 0 Å². The van der Waals surface area contributed by atoms with Gasteiger partial charge in [0, 0.05) is 12.1 Å². The second-order valence-electron chi connectivity index (χ2n) is 4.41.